The number of alkyl carbamates (subject to hydrolysis) is 1. The van der Waals surface area contributed by atoms with Crippen LogP contribution >= 0.6 is 0 Å². The summed E-state index contributed by atoms with van der Waals surface area (Å²) < 4.78 is 5.14. The van der Waals surface area contributed by atoms with Gasteiger partial charge in [0.1, 0.15) is 5.60 Å². The van der Waals surface area contributed by atoms with Gasteiger partial charge in [0.15, 0.2) is 0 Å². The number of hydrogen-bond donors (Lipinski definition) is 3. The first kappa shape index (κ1) is 17.8. The van der Waals surface area contributed by atoms with E-state index in [1.54, 1.807) is 19.2 Å². The van der Waals surface area contributed by atoms with Crippen molar-refractivity contribution in [1.82, 2.24) is 10.6 Å². The van der Waals surface area contributed by atoms with Crippen molar-refractivity contribution in [1.29, 1.82) is 0 Å². The summed E-state index contributed by atoms with van der Waals surface area (Å²) in [6.07, 6.45) is 0.345. The minimum Gasteiger partial charge on any atom is -0.444 e. The van der Waals surface area contributed by atoms with Crippen LogP contribution in [0.25, 0.3) is 0 Å². The number of hydrogen-bond acceptors (Lipinski definition) is 4. The fourth-order valence-electron chi connectivity index (χ4n) is 1.74. The molecule has 0 aliphatic carbocycles. The zero-order chi connectivity index (χ0) is 16.6. The molecule has 0 aliphatic rings. The van der Waals surface area contributed by atoms with Crippen molar-refractivity contribution in [3.8, 4) is 0 Å². The fraction of sp³-hybridized carbons (Fsp3) is 0.500. The van der Waals surface area contributed by atoms with Crippen LogP contribution in [-0.2, 0) is 4.74 Å². The second-order valence-electron chi connectivity index (χ2n) is 5.87. The van der Waals surface area contributed by atoms with Gasteiger partial charge in [-0.05, 0) is 45.4 Å². The molecule has 6 heteroatoms. The molecule has 0 heterocycles. The SMILES string of the molecule is CNC(=O)c1cccc(NCCCNC(=O)OC(C)(C)C)c1. The number of carbonyl (C=O) groups is 2. The van der Waals surface area contributed by atoms with Crippen LogP contribution in [0.5, 0.6) is 0 Å². The van der Waals surface area contributed by atoms with Crippen molar-refractivity contribution in [2.75, 3.05) is 25.5 Å². The zero-order valence-electron chi connectivity index (χ0n) is 13.7. The number of nitrogens with one attached hydrogen (secondary N) is 3. The zero-order valence-corrected chi connectivity index (χ0v) is 13.7. The van der Waals surface area contributed by atoms with Gasteiger partial charge >= 0.3 is 6.09 Å². The van der Waals surface area contributed by atoms with Gasteiger partial charge in [-0.2, -0.15) is 0 Å². The average molecular weight is 307 g/mol. The maximum Gasteiger partial charge on any atom is 0.407 e. The Morgan fingerprint density at radius 2 is 1.91 bits per heavy atom. The lowest BCUT2D eigenvalue weighted by Gasteiger charge is -2.19. The molecule has 0 aromatic heterocycles. The van der Waals surface area contributed by atoms with Crippen molar-refractivity contribution >= 4 is 17.7 Å². The highest BCUT2D eigenvalue weighted by atomic mass is 16.6. The molecule has 0 saturated heterocycles. The van der Waals surface area contributed by atoms with E-state index in [0.717, 1.165) is 12.1 Å². The van der Waals surface area contributed by atoms with E-state index in [0.29, 0.717) is 18.7 Å². The summed E-state index contributed by atoms with van der Waals surface area (Å²) in [6, 6.07) is 7.27. The minimum atomic E-state index is -0.484. The predicted octanol–water partition coefficient (Wildman–Crippen LogP) is 2.37. The van der Waals surface area contributed by atoms with Gasteiger partial charge in [0, 0.05) is 31.4 Å². The second kappa shape index (κ2) is 8.26. The number of anilines is 1. The van der Waals surface area contributed by atoms with Crippen LogP contribution in [-0.4, -0.2) is 37.7 Å². The van der Waals surface area contributed by atoms with Gasteiger partial charge in [-0.25, -0.2) is 4.79 Å². The van der Waals surface area contributed by atoms with Crippen LogP contribution in [0.4, 0.5) is 10.5 Å². The van der Waals surface area contributed by atoms with E-state index in [1.165, 1.54) is 0 Å². The van der Waals surface area contributed by atoms with Crippen LogP contribution in [0.3, 0.4) is 0 Å². The highest BCUT2D eigenvalue weighted by Crippen LogP contribution is 2.10. The lowest BCUT2D eigenvalue weighted by molar-refractivity contribution is 0.0527. The summed E-state index contributed by atoms with van der Waals surface area (Å²) in [7, 11) is 1.60. The Balaban J connectivity index is 2.28. The molecule has 1 rings (SSSR count). The Morgan fingerprint density at radius 1 is 1.18 bits per heavy atom. The van der Waals surface area contributed by atoms with Gasteiger partial charge in [0.25, 0.3) is 5.91 Å². The van der Waals surface area contributed by atoms with E-state index in [9.17, 15) is 9.59 Å². The summed E-state index contributed by atoms with van der Waals surface area (Å²) in [5, 5.41) is 8.50. The van der Waals surface area contributed by atoms with Crippen LogP contribution in [0.2, 0.25) is 0 Å². The summed E-state index contributed by atoms with van der Waals surface area (Å²) in [5.74, 6) is -0.116. The third kappa shape index (κ3) is 6.97. The van der Waals surface area contributed by atoms with Crippen molar-refractivity contribution in [2.45, 2.75) is 32.8 Å². The first-order chi connectivity index (χ1) is 10.3. The molecular weight excluding hydrogens is 282 g/mol. The van der Waals surface area contributed by atoms with Gasteiger partial charge in [0.2, 0.25) is 0 Å². The van der Waals surface area contributed by atoms with E-state index in [2.05, 4.69) is 16.0 Å². The molecule has 0 atom stereocenters. The van der Waals surface area contributed by atoms with Crippen molar-refractivity contribution in [2.24, 2.45) is 0 Å². The van der Waals surface area contributed by atoms with Crippen molar-refractivity contribution in [3.63, 3.8) is 0 Å². The molecule has 122 valence electrons. The number of ether oxygens (including phenoxy) is 1. The largest absolute Gasteiger partial charge is 0.444 e. The summed E-state index contributed by atoms with van der Waals surface area (Å²) in [5.41, 5.74) is 1.00. The predicted molar refractivity (Wildman–Crippen MR) is 87.2 cm³/mol. The third-order valence-corrected chi connectivity index (χ3v) is 2.70. The standard InChI is InChI=1S/C16H25N3O3/c1-16(2,3)22-15(21)19-10-6-9-18-13-8-5-7-12(11-13)14(20)17-4/h5,7-8,11,18H,6,9-10H2,1-4H3,(H,17,20)(H,19,21). The Labute approximate surface area is 131 Å². The second-order valence-corrected chi connectivity index (χ2v) is 5.87. The van der Waals surface area contributed by atoms with Crippen molar-refractivity contribution in [3.05, 3.63) is 29.8 Å². The number of benzene rings is 1. The Morgan fingerprint density at radius 3 is 2.55 bits per heavy atom. The molecule has 0 spiro atoms. The molecule has 1 aromatic carbocycles. The maximum atomic E-state index is 11.5. The van der Waals surface area contributed by atoms with E-state index >= 15 is 0 Å². The molecule has 0 aliphatic heterocycles. The molecule has 1 aromatic rings. The number of amides is 2. The highest BCUT2D eigenvalue weighted by Gasteiger charge is 2.15. The summed E-state index contributed by atoms with van der Waals surface area (Å²) >= 11 is 0. The Bertz CT molecular complexity index is 510. The normalized spacial score (nSPS) is 10.7. The molecule has 22 heavy (non-hydrogen) atoms. The van der Waals surface area contributed by atoms with Crippen molar-refractivity contribution < 1.29 is 14.3 Å². The van der Waals surface area contributed by atoms with E-state index in [1.807, 2.05) is 32.9 Å². The van der Waals surface area contributed by atoms with Gasteiger partial charge in [-0.1, -0.05) is 6.07 Å². The van der Waals surface area contributed by atoms with Crippen LogP contribution in [0.1, 0.15) is 37.6 Å². The molecule has 0 saturated carbocycles. The van der Waals surface area contributed by atoms with Crippen LogP contribution < -0.4 is 16.0 Å². The summed E-state index contributed by atoms with van der Waals surface area (Å²) in [6.45, 7) is 6.69. The molecule has 6 nitrogen and oxygen atoms in total. The number of rotatable bonds is 6. The minimum absolute atomic E-state index is 0.116. The average Bonchev–Trinajstić information content (AvgIpc) is 2.44. The first-order valence-electron chi connectivity index (χ1n) is 7.34. The first-order valence-corrected chi connectivity index (χ1v) is 7.34. The van der Waals surface area contributed by atoms with E-state index in [4.69, 9.17) is 4.74 Å². The quantitative estimate of drug-likeness (QED) is 0.705. The topological polar surface area (TPSA) is 79.5 Å². The molecule has 0 fully saturated rings. The molecule has 3 N–H and O–H groups in total. The van der Waals surface area contributed by atoms with Crippen LogP contribution in [0, 0.1) is 0 Å². The highest BCUT2D eigenvalue weighted by molar-refractivity contribution is 5.94. The van der Waals surface area contributed by atoms with Crippen LogP contribution in [0.15, 0.2) is 24.3 Å². The number of carbonyl (C=O) groups excluding carboxylic acids is 2. The Hall–Kier alpha value is -2.24. The molecular formula is C16H25N3O3. The van der Waals surface area contributed by atoms with Gasteiger partial charge in [-0.15, -0.1) is 0 Å². The fourth-order valence-corrected chi connectivity index (χ4v) is 1.74. The summed E-state index contributed by atoms with van der Waals surface area (Å²) in [4.78, 5) is 23.0. The maximum absolute atomic E-state index is 11.5. The van der Waals surface area contributed by atoms with E-state index in [-0.39, 0.29) is 5.91 Å². The molecule has 0 radical (unpaired) electrons. The van der Waals surface area contributed by atoms with Gasteiger partial charge in [0.05, 0.1) is 0 Å². The monoisotopic (exact) mass is 307 g/mol. The smallest absolute Gasteiger partial charge is 0.407 e. The van der Waals surface area contributed by atoms with Gasteiger partial charge < -0.3 is 20.7 Å². The molecule has 0 bridgehead atoms. The molecule has 2 amide bonds. The Kier molecular flexibility index (Phi) is 6.69. The lowest BCUT2D eigenvalue weighted by atomic mass is 10.2. The lowest BCUT2D eigenvalue weighted by Crippen LogP contribution is -2.33. The van der Waals surface area contributed by atoms with E-state index < -0.39 is 11.7 Å². The molecule has 0 unspecified atom stereocenters. The third-order valence-electron chi connectivity index (χ3n) is 2.70. The van der Waals surface area contributed by atoms with Gasteiger partial charge in [-0.3, -0.25) is 4.79 Å².